The molecule has 5 heteroatoms. The molecule has 1 aliphatic rings. The minimum Gasteiger partial charge on any atom is -0.330 e. The van der Waals surface area contributed by atoms with Crippen molar-refractivity contribution in [2.75, 3.05) is 18.8 Å². The molecule has 0 aromatic carbocycles. The zero-order valence-electron chi connectivity index (χ0n) is 9.57. The van der Waals surface area contributed by atoms with Crippen LogP contribution in [0.2, 0.25) is 0 Å². The third-order valence-electron chi connectivity index (χ3n) is 3.90. The molecule has 1 saturated carbocycles. The third-order valence-corrected chi connectivity index (χ3v) is 6.63. The first-order chi connectivity index (χ1) is 6.93. The highest BCUT2D eigenvalue weighted by Gasteiger charge is 2.51. The predicted octanol–water partition coefficient (Wildman–Crippen LogP) is 0.123. The minimum absolute atomic E-state index is 0.126. The van der Waals surface area contributed by atoms with Crippen molar-refractivity contribution in [2.24, 2.45) is 23.3 Å². The van der Waals surface area contributed by atoms with Gasteiger partial charge in [0, 0.05) is 12.3 Å². The Morgan fingerprint density at radius 3 is 2.33 bits per heavy atom. The fourth-order valence-electron chi connectivity index (χ4n) is 2.80. The van der Waals surface area contributed by atoms with E-state index in [2.05, 4.69) is 0 Å². The highest BCUT2D eigenvalue weighted by atomic mass is 32.2. The van der Waals surface area contributed by atoms with Crippen LogP contribution in [0.5, 0.6) is 0 Å². The second kappa shape index (κ2) is 4.39. The number of hydrogen-bond acceptors (Lipinski definition) is 4. The summed E-state index contributed by atoms with van der Waals surface area (Å²) in [6.45, 7) is 4.46. The molecule has 1 rings (SSSR count). The van der Waals surface area contributed by atoms with E-state index in [0.29, 0.717) is 18.9 Å². The maximum Gasteiger partial charge on any atom is 0.157 e. The van der Waals surface area contributed by atoms with Crippen molar-refractivity contribution >= 4 is 9.84 Å². The summed E-state index contributed by atoms with van der Waals surface area (Å²) in [5.74, 6) is 0.608. The molecule has 0 unspecified atom stereocenters. The Balaban J connectivity index is 3.06. The van der Waals surface area contributed by atoms with Crippen LogP contribution in [0, 0.1) is 11.8 Å². The van der Waals surface area contributed by atoms with Gasteiger partial charge in [0.2, 0.25) is 0 Å². The van der Waals surface area contributed by atoms with Crippen LogP contribution in [0.1, 0.15) is 26.7 Å². The molecule has 0 aliphatic heterocycles. The van der Waals surface area contributed by atoms with E-state index in [4.69, 9.17) is 11.5 Å². The largest absolute Gasteiger partial charge is 0.330 e. The van der Waals surface area contributed by atoms with E-state index >= 15 is 0 Å². The zero-order valence-corrected chi connectivity index (χ0v) is 10.4. The van der Waals surface area contributed by atoms with E-state index < -0.39 is 14.6 Å². The zero-order chi connectivity index (χ0) is 11.7. The van der Waals surface area contributed by atoms with Gasteiger partial charge in [-0.1, -0.05) is 13.8 Å². The Kier molecular flexibility index (Phi) is 3.79. The lowest BCUT2D eigenvalue weighted by Crippen LogP contribution is -2.48. The van der Waals surface area contributed by atoms with Crippen molar-refractivity contribution in [3.05, 3.63) is 0 Å². The maximum atomic E-state index is 12.1. The Bertz CT molecular complexity index is 315. The molecular weight excluding hydrogens is 212 g/mol. The van der Waals surface area contributed by atoms with Crippen molar-refractivity contribution < 1.29 is 8.42 Å². The molecule has 3 atom stereocenters. The molecule has 0 aromatic rings. The summed E-state index contributed by atoms with van der Waals surface area (Å²) in [7, 11) is -3.08. The second-order valence-corrected chi connectivity index (χ2v) is 7.23. The summed E-state index contributed by atoms with van der Waals surface area (Å²) in [5, 5.41) is 0. The molecule has 1 fully saturated rings. The minimum atomic E-state index is -3.08. The van der Waals surface area contributed by atoms with Gasteiger partial charge in [0.05, 0.1) is 4.75 Å². The quantitative estimate of drug-likeness (QED) is 0.723. The van der Waals surface area contributed by atoms with Gasteiger partial charge >= 0.3 is 0 Å². The van der Waals surface area contributed by atoms with Gasteiger partial charge < -0.3 is 11.5 Å². The highest BCUT2D eigenvalue weighted by Crippen LogP contribution is 2.44. The van der Waals surface area contributed by atoms with Gasteiger partial charge in [-0.3, -0.25) is 0 Å². The van der Waals surface area contributed by atoms with E-state index in [1.807, 2.05) is 6.92 Å². The molecule has 4 N–H and O–H groups in total. The topological polar surface area (TPSA) is 86.2 Å². The van der Waals surface area contributed by atoms with E-state index in [1.54, 1.807) is 6.92 Å². The van der Waals surface area contributed by atoms with Crippen LogP contribution in [-0.2, 0) is 9.84 Å². The number of nitrogens with two attached hydrogens (primary N) is 2. The number of hydrogen-bond donors (Lipinski definition) is 2. The monoisotopic (exact) mass is 234 g/mol. The van der Waals surface area contributed by atoms with Crippen molar-refractivity contribution in [3.8, 4) is 0 Å². The van der Waals surface area contributed by atoms with Crippen LogP contribution in [-0.4, -0.2) is 32.0 Å². The number of sulfone groups is 1. The highest BCUT2D eigenvalue weighted by molar-refractivity contribution is 7.92. The molecule has 0 bridgehead atoms. The molecule has 0 heterocycles. The Labute approximate surface area is 92.3 Å². The van der Waals surface area contributed by atoms with Crippen molar-refractivity contribution in [1.82, 2.24) is 0 Å². The molecule has 90 valence electrons. The Hall–Kier alpha value is -0.130. The van der Waals surface area contributed by atoms with Crippen LogP contribution in [0.25, 0.3) is 0 Å². The summed E-state index contributed by atoms with van der Waals surface area (Å²) in [6.07, 6.45) is 1.52. The Morgan fingerprint density at radius 2 is 2.00 bits per heavy atom. The van der Waals surface area contributed by atoms with Crippen molar-refractivity contribution in [1.29, 1.82) is 0 Å². The van der Waals surface area contributed by atoms with Gasteiger partial charge in [-0.05, 0) is 31.2 Å². The standard InChI is InChI=1S/C10H22N2O2S/c1-3-15(13,14)10(7-12)5-9(6-11)4-8(10)2/h8-9H,3-7,11-12H2,1-2H3/t8-,9-,10+/m1/s1. The maximum absolute atomic E-state index is 12.1. The van der Waals surface area contributed by atoms with Gasteiger partial charge in [0.1, 0.15) is 0 Å². The molecule has 0 saturated heterocycles. The molecule has 0 radical (unpaired) electrons. The summed E-state index contributed by atoms with van der Waals surface area (Å²) in [4.78, 5) is 0. The van der Waals surface area contributed by atoms with Crippen molar-refractivity contribution in [3.63, 3.8) is 0 Å². The number of rotatable bonds is 4. The average molecular weight is 234 g/mol. The van der Waals surface area contributed by atoms with Gasteiger partial charge in [0.15, 0.2) is 9.84 Å². The molecular formula is C10H22N2O2S. The van der Waals surface area contributed by atoms with Gasteiger partial charge in [-0.2, -0.15) is 0 Å². The lowest BCUT2D eigenvalue weighted by Gasteiger charge is -2.31. The molecule has 15 heavy (non-hydrogen) atoms. The van der Waals surface area contributed by atoms with Crippen LogP contribution in [0.4, 0.5) is 0 Å². The van der Waals surface area contributed by atoms with Gasteiger partial charge in [-0.15, -0.1) is 0 Å². The van der Waals surface area contributed by atoms with Crippen LogP contribution in [0.3, 0.4) is 0 Å². The van der Waals surface area contributed by atoms with E-state index in [1.165, 1.54) is 0 Å². The lowest BCUT2D eigenvalue weighted by atomic mass is 9.97. The summed E-state index contributed by atoms with van der Waals surface area (Å²) >= 11 is 0. The van der Waals surface area contributed by atoms with Crippen LogP contribution in [0.15, 0.2) is 0 Å². The first-order valence-electron chi connectivity index (χ1n) is 5.56. The average Bonchev–Trinajstić information content (AvgIpc) is 2.56. The first-order valence-corrected chi connectivity index (χ1v) is 7.21. The molecule has 4 nitrogen and oxygen atoms in total. The van der Waals surface area contributed by atoms with E-state index in [9.17, 15) is 8.42 Å². The first kappa shape index (κ1) is 12.9. The SMILES string of the molecule is CCS(=O)(=O)[C@]1(CN)C[C@H](CN)C[C@H]1C. The van der Waals surface area contributed by atoms with Crippen molar-refractivity contribution in [2.45, 2.75) is 31.4 Å². The Morgan fingerprint density at radius 1 is 1.40 bits per heavy atom. The van der Waals surface area contributed by atoms with Gasteiger partial charge in [-0.25, -0.2) is 8.42 Å². The second-order valence-electron chi connectivity index (χ2n) is 4.61. The third kappa shape index (κ3) is 1.92. The molecule has 0 aromatic heterocycles. The molecule has 1 aliphatic carbocycles. The van der Waals surface area contributed by atoms with E-state index in [0.717, 1.165) is 6.42 Å². The fourth-order valence-corrected chi connectivity index (χ4v) is 4.83. The lowest BCUT2D eigenvalue weighted by molar-refractivity contribution is 0.433. The fraction of sp³-hybridized carbons (Fsp3) is 1.00. The van der Waals surface area contributed by atoms with Crippen LogP contribution >= 0.6 is 0 Å². The summed E-state index contributed by atoms with van der Waals surface area (Å²) < 4.78 is 23.5. The van der Waals surface area contributed by atoms with E-state index in [-0.39, 0.29) is 18.2 Å². The van der Waals surface area contributed by atoms with Crippen LogP contribution < -0.4 is 11.5 Å². The molecule has 0 spiro atoms. The van der Waals surface area contributed by atoms with Gasteiger partial charge in [0.25, 0.3) is 0 Å². The predicted molar refractivity (Wildman–Crippen MR) is 62.2 cm³/mol. The summed E-state index contributed by atoms with van der Waals surface area (Å²) in [5.41, 5.74) is 11.3. The summed E-state index contributed by atoms with van der Waals surface area (Å²) in [6, 6.07) is 0. The smallest absolute Gasteiger partial charge is 0.157 e. The molecule has 0 amide bonds. The normalized spacial score (nSPS) is 37.1.